The summed E-state index contributed by atoms with van der Waals surface area (Å²) in [5.41, 5.74) is 1.79. The molecule has 3 aromatic rings. The molecule has 1 atom stereocenters. The molecule has 1 aliphatic heterocycles. The Hall–Kier alpha value is -2.58. The van der Waals surface area contributed by atoms with Gasteiger partial charge in [0.25, 0.3) is 0 Å². The van der Waals surface area contributed by atoms with Crippen molar-refractivity contribution in [3.05, 3.63) is 75.6 Å². The number of ether oxygens (including phenoxy) is 2. The quantitative estimate of drug-likeness (QED) is 0.514. The summed E-state index contributed by atoms with van der Waals surface area (Å²) in [4.78, 5) is 16.9. The van der Waals surface area contributed by atoms with Crippen LogP contribution in [0.4, 0.5) is 8.78 Å². The van der Waals surface area contributed by atoms with Gasteiger partial charge in [0.05, 0.1) is 29.8 Å². The zero-order valence-corrected chi connectivity index (χ0v) is 16.8. The van der Waals surface area contributed by atoms with Gasteiger partial charge >= 0.3 is 5.97 Å². The van der Waals surface area contributed by atoms with Gasteiger partial charge in [-0.15, -0.1) is 0 Å². The highest BCUT2D eigenvalue weighted by molar-refractivity contribution is 8.04. The molecule has 0 amide bonds. The third-order valence-electron chi connectivity index (χ3n) is 4.50. The lowest BCUT2D eigenvalue weighted by atomic mass is 10.2. The Kier molecular flexibility index (Phi) is 5.47. The van der Waals surface area contributed by atoms with Crippen LogP contribution in [0.25, 0.3) is 11.0 Å². The number of allylic oxidation sites excluding steroid dienone is 1. The van der Waals surface area contributed by atoms with Crippen molar-refractivity contribution >= 4 is 40.4 Å². The Morgan fingerprint density at radius 3 is 2.90 bits per heavy atom. The number of hydrogen-bond acceptors (Lipinski definition) is 5. The van der Waals surface area contributed by atoms with E-state index >= 15 is 0 Å². The second-order valence-electron chi connectivity index (χ2n) is 6.33. The van der Waals surface area contributed by atoms with E-state index in [-0.39, 0.29) is 17.5 Å². The normalized spacial score (nSPS) is 16.5. The highest BCUT2D eigenvalue weighted by atomic mass is 35.5. The average Bonchev–Trinajstić information content (AvgIpc) is 3.30. The number of methoxy groups -OCH3 is 1. The number of thioether (sulfide) groups is 1. The van der Waals surface area contributed by atoms with Gasteiger partial charge in [0.15, 0.2) is 0 Å². The van der Waals surface area contributed by atoms with E-state index in [1.807, 2.05) is 10.6 Å². The van der Waals surface area contributed by atoms with Crippen molar-refractivity contribution in [2.24, 2.45) is 0 Å². The first-order chi connectivity index (χ1) is 14.0. The Labute approximate surface area is 174 Å². The average molecular weight is 437 g/mol. The van der Waals surface area contributed by atoms with Gasteiger partial charge in [-0.1, -0.05) is 23.4 Å². The first kappa shape index (κ1) is 19.7. The lowest BCUT2D eigenvalue weighted by molar-refractivity contribution is -0.135. The molecule has 0 N–H and O–H groups in total. The molecule has 2 aromatic carbocycles. The first-order valence-corrected chi connectivity index (χ1v) is 9.89. The summed E-state index contributed by atoms with van der Waals surface area (Å²) < 4.78 is 39.5. The third kappa shape index (κ3) is 3.95. The molecule has 0 aliphatic carbocycles. The summed E-state index contributed by atoms with van der Waals surface area (Å²) in [5, 5.41) is 0.368. The van der Waals surface area contributed by atoms with Gasteiger partial charge in [0, 0.05) is 23.1 Å². The van der Waals surface area contributed by atoms with Crippen molar-refractivity contribution in [1.29, 1.82) is 0 Å². The molecular formula is C20H15ClF2N2O3S. The summed E-state index contributed by atoms with van der Waals surface area (Å²) >= 11 is 7.39. The summed E-state index contributed by atoms with van der Waals surface area (Å²) in [7, 11) is 1.28. The van der Waals surface area contributed by atoms with Crippen LogP contribution in [0, 0.1) is 11.6 Å². The van der Waals surface area contributed by atoms with E-state index in [0.29, 0.717) is 22.1 Å². The standard InChI is InChI=1S/C20H15ClF2N2O3S/c1-27-20(26)19-17(28-9-11-2-4-13(22)7-14(11)23)8-18(29-19)25-10-24-15-5-3-12(21)6-16(15)25/h2-7,10,18H,8-9H2,1H3. The molecule has 29 heavy (non-hydrogen) atoms. The fourth-order valence-corrected chi connectivity index (χ4v) is 4.47. The summed E-state index contributed by atoms with van der Waals surface area (Å²) in [6.45, 7) is -0.133. The largest absolute Gasteiger partial charge is 0.492 e. The van der Waals surface area contributed by atoms with E-state index in [9.17, 15) is 13.6 Å². The summed E-state index contributed by atoms with van der Waals surface area (Å²) in [6.07, 6.45) is 2.05. The number of carbonyl (C=O) groups is 1. The van der Waals surface area contributed by atoms with Crippen molar-refractivity contribution in [1.82, 2.24) is 9.55 Å². The number of aromatic nitrogens is 2. The van der Waals surface area contributed by atoms with Crippen LogP contribution < -0.4 is 0 Å². The zero-order chi connectivity index (χ0) is 20.5. The molecule has 0 spiro atoms. The highest BCUT2D eigenvalue weighted by Gasteiger charge is 2.33. The molecular weight excluding hydrogens is 422 g/mol. The van der Waals surface area contributed by atoms with Crippen LogP contribution in [-0.4, -0.2) is 22.6 Å². The number of imidazole rings is 1. The second kappa shape index (κ2) is 8.04. The van der Waals surface area contributed by atoms with Gasteiger partial charge < -0.3 is 14.0 Å². The number of rotatable bonds is 5. The van der Waals surface area contributed by atoms with Gasteiger partial charge in [-0.2, -0.15) is 0 Å². The molecule has 5 nitrogen and oxygen atoms in total. The van der Waals surface area contributed by atoms with Gasteiger partial charge in [0.2, 0.25) is 0 Å². The molecule has 1 aromatic heterocycles. The number of fused-ring (bicyclic) bond motifs is 1. The Bertz CT molecular complexity index is 1130. The minimum atomic E-state index is -0.706. The maximum atomic E-state index is 13.9. The maximum Gasteiger partial charge on any atom is 0.347 e. The van der Waals surface area contributed by atoms with Crippen molar-refractivity contribution in [3.8, 4) is 0 Å². The molecule has 0 radical (unpaired) electrons. The van der Waals surface area contributed by atoms with E-state index in [1.165, 1.54) is 24.9 Å². The number of esters is 1. The van der Waals surface area contributed by atoms with Crippen LogP contribution in [0.3, 0.4) is 0 Å². The van der Waals surface area contributed by atoms with E-state index in [2.05, 4.69) is 4.98 Å². The predicted octanol–water partition coefficient (Wildman–Crippen LogP) is 5.20. The van der Waals surface area contributed by atoms with Crippen molar-refractivity contribution < 1.29 is 23.0 Å². The second-order valence-corrected chi connectivity index (χ2v) is 7.95. The lowest BCUT2D eigenvalue weighted by Crippen LogP contribution is -2.04. The zero-order valence-electron chi connectivity index (χ0n) is 15.2. The SMILES string of the molecule is COC(=O)C1=C(OCc2ccc(F)cc2F)CC(n2cnc3ccc(Cl)cc32)S1. The molecule has 0 bridgehead atoms. The Morgan fingerprint density at radius 1 is 1.31 bits per heavy atom. The van der Waals surface area contributed by atoms with Crippen LogP contribution in [0.2, 0.25) is 5.02 Å². The fourth-order valence-electron chi connectivity index (χ4n) is 3.06. The fraction of sp³-hybridized carbons (Fsp3) is 0.200. The van der Waals surface area contributed by atoms with Gasteiger partial charge in [-0.25, -0.2) is 18.6 Å². The van der Waals surface area contributed by atoms with Crippen molar-refractivity contribution in [3.63, 3.8) is 0 Å². The Morgan fingerprint density at radius 2 is 2.14 bits per heavy atom. The van der Waals surface area contributed by atoms with Crippen LogP contribution in [0.5, 0.6) is 0 Å². The summed E-state index contributed by atoms with van der Waals surface area (Å²) in [5.74, 6) is -1.51. The van der Waals surface area contributed by atoms with Gasteiger partial charge in [-0.05, 0) is 30.3 Å². The van der Waals surface area contributed by atoms with Crippen LogP contribution in [0.15, 0.2) is 53.4 Å². The van der Waals surface area contributed by atoms with Crippen LogP contribution in [-0.2, 0) is 20.9 Å². The van der Waals surface area contributed by atoms with Crippen molar-refractivity contribution in [2.45, 2.75) is 18.4 Å². The molecule has 4 rings (SSSR count). The third-order valence-corrected chi connectivity index (χ3v) is 6.03. The number of halogens is 3. The predicted molar refractivity (Wildman–Crippen MR) is 106 cm³/mol. The number of benzene rings is 2. The van der Waals surface area contributed by atoms with E-state index in [0.717, 1.165) is 23.2 Å². The smallest absolute Gasteiger partial charge is 0.347 e. The molecule has 150 valence electrons. The minimum Gasteiger partial charge on any atom is -0.492 e. The number of hydrogen-bond donors (Lipinski definition) is 0. The molecule has 9 heteroatoms. The summed E-state index contributed by atoms with van der Waals surface area (Å²) in [6, 6.07) is 8.64. The van der Waals surface area contributed by atoms with Gasteiger partial charge in [-0.3, -0.25) is 0 Å². The van der Waals surface area contributed by atoms with Crippen LogP contribution in [0.1, 0.15) is 17.4 Å². The number of carbonyl (C=O) groups excluding carboxylic acids is 1. The lowest BCUT2D eigenvalue weighted by Gasteiger charge is -2.13. The molecule has 0 saturated heterocycles. The molecule has 0 saturated carbocycles. The van der Waals surface area contributed by atoms with Gasteiger partial charge in [0.1, 0.15) is 28.9 Å². The maximum absolute atomic E-state index is 13.9. The Balaban J connectivity index is 1.59. The minimum absolute atomic E-state index is 0.133. The molecule has 0 fully saturated rings. The van der Waals surface area contributed by atoms with E-state index in [1.54, 1.807) is 18.5 Å². The molecule has 1 aliphatic rings. The monoisotopic (exact) mass is 436 g/mol. The molecule has 2 heterocycles. The first-order valence-electron chi connectivity index (χ1n) is 8.63. The number of nitrogens with zero attached hydrogens (tertiary/aromatic N) is 2. The highest BCUT2D eigenvalue weighted by Crippen LogP contribution is 2.46. The molecule has 1 unspecified atom stereocenters. The van der Waals surface area contributed by atoms with Crippen LogP contribution >= 0.6 is 23.4 Å². The van der Waals surface area contributed by atoms with E-state index < -0.39 is 17.6 Å². The van der Waals surface area contributed by atoms with Crippen molar-refractivity contribution in [2.75, 3.05) is 7.11 Å². The topological polar surface area (TPSA) is 53.4 Å². The van der Waals surface area contributed by atoms with E-state index in [4.69, 9.17) is 21.1 Å².